The summed E-state index contributed by atoms with van der Waals surface area (Å²) in [5.41, 5.74) is -0.510. The highest BCUT2D eigenvalue weighted by Gasteiger charge is 2.27. The van der Waals surface area contributed by atoms with Gasteiger partial charge in [-0.3, -0.25) is 0 Å². The van der Waals surface area contributed by atoms with Crippen LogP contribution in [0.2, 0.25) is 0 Å². The number of hydrogen-bond acceptors (Lipinski definition) is 4. The maximum Gasteiger partial charge on any atom is 0.424 e. The predicted octanol–water partition coefficient (Wildman–Crippen LogP) is 1.28. The summed E-state index contributed by atoms with van der Waals surface area (Å²) in [4.78, 5) is 11.6. The third-order valence-electron chi connectivity index (χ3n) is 2.13. The van der Waals surface area contributed by atoms with Gasteiger partial charge in [-0.15, -0.1) is 0 Å². The summed E-state index contributed by atoms with van der Waals surface area (Å²) in [6.45, 7) is 6.69. The molecule has 1 fully saturated rings. The monoisotopic (exact) mass is 216 g/mol. The van der Waals surface area contributed by atoms with Crippen LogP contribution in [0, 0.1) is 0 Å². The molecule has 0 bridgehead atoms. The summed E-state index contributed by atoms with van der Waals surface area (Å²) in [6, 6.07) is -0.0615. The molecule has 15 heavy (non-hydrogen) atoms. The molecule has 0 aliphatic carbocycles. The summed E-state index contributed by atoms with van der Waals surface area (Å²) >= 11 is 0. The molecule has 1 atom stereocenters. The maximum atomic E-state index is 11.6. The van der Waals surface area contributed by atoms with Crippen molar-refractivity contribution in [3.63, 3.8) is 0 Å². The highest BCUT2D eigenvalue weighted by Crippen LogP contribution is 2.14. The molecule has 1 heterocycles. The van der Waals surface area contributed by atoms with Gasteiger partial charge in [0.15, 0.2) is 0 Å². The van der Waals surface area contributed by atoms with Crippen LogP contribution in [0.25, 0.3) is 0 Å². The number of carbonyl (C=O) groups excluding carboxylic acids is 1. The molecule has 1 rings (SSSR count). The molecule has 1 aliphatic heterocycles. The minimum atomic E-state index is -0.510. The Bertz CT molecular complexity index is 219. The lowest BCUT2D eigenvalue weighted by Crippen LogP contribution is -2.51. The predicted molar refractivity (Wildman–Crippen MR) is 56.1 cm³/mol. The second kappa shape index (κ2) is 4.81. The first kappa shape index (κ1) is 12.3. The molecule has 5 nitrogen and oxygen atoms in total. The zero-order valence-electron chi connectivity index (χ0n) is 9.66. The van der Waals surface area contributed by atoms with Crippen molar-refractivity contribution in [2.45, 2.75) is 45.3 Å². The van der Waals surface area contributed by atoms with Crippen molar-refractivity contribution < 1.29 is 14.3 Å². The van der Waals surface area contributed by atoms with Crippen LogP contribution in [0.15, 0.2) is 0 Å². The van der Waals surface area contributed by atoms with Gasteiger partial charge in [0.1, 0.15) is 5.60 Å². The molecule has 2 N–H and O–H groups in total. The van der Waals surface area contributed by atoms with Crippen molar-refractivity contribution in [1.29, 1.82) is 0 Å². The standard InChI is InChI=1S/C10H20N2O3/c1-10(2,3)15-9(13)12(11)8-5-4-6-14-7-8/h8H,4-7,11H2,1-3H3/t8-/m1/s1. The Hall–Kier alpha value is -0.810. The van der Waals surface area contributed by atoms with Crippen LogP contribution in [-0.2, 0) is 9.47 Å². The lowest BCUT2D eigenvalue weighted by molar-refractivity contribution is -0.0150. The molecule has 0 aromatic carbocycles. The van der Waals surface area contributed by atoms with Crippen molar-refractivity contribution in [3.8, 4) is 0 Å². The number of amides is 1. The lowest BCUT2D eigenvalue weighted by atomic mass is 10.1. The van der Waals surface area contributed by atoms with Crippen LogP contribution in [0.4, 0.5) is 4.79 Å². The molecule has 1 aliphatic rings. The van der Waals surface area contributed by atoms with Crippen LogP contribution in [0.3, 0.4) is 0 Å². The fourth-order valence-electron chi connectivity index (χ4n) is 1.41. The Morgan fingerprint density at radius 1 is 1.53 bits per heavy atom. The van der Waals surface area contributed by atoms with E-state index in [0.29, 0.717) is 6.61 Å². The lowest BCUT2D eigenvalue weighted by Gasteiger charge is -2.31. The number of hydrazine groups is 1. The molecule has 0 aromatic rings. The Morgan fingerprint density at radius 3 is 2.67 bits per heavy atom. The van der Waals surface area contributed by atoms with Crippen LogP contribution < -0.4 is 5.84 Å². The van der Waals surface area contributed by atoms with Crippen molar-refractivity contribution in [1.82, 2.24) is 5.01 Å². The number of nitrogens with zero attached hydrogens (tertiary/aromatic N) is 1. The number of hydrogen-bond donors (Lipinski definition) is 1. The summed E-state index contributed by atoms with van der Waals surface area (Å²) in [5.74, 6) is 5.68. The average molecular weight is 216 g/mol. The van der Waals surface area contributed by atoms with Crippen molar-refractivity contribution in [2.75, 3.05) is 13.2 Å². The van der Waals surface area contributed by atoms with E-state index in [9.17, 15) is 4.79 Å². The van der Waals surface area contributed by atoms with E-state index in [1.807, 2.05) is 20.8 Å². The van der Waals surface area contributed by atoms with E-state index < -0.39 is 11.7 Å². The van der Waals surface area contributed by atoms with Crippen molar-refractivity contribution in [3.05, 3.63) is 0 Å². The quantitative estimate of drug-likeness (QED) is 0.407. The number of carbonyl (C=O) groups is 1. The Kier molecular flexibility index (Phi) is 3.93. The number of nitrogens with two attached hydrogens (primary N) is 1. The number of ether oxygens (including phenoxy) is 2. The molecule has 1 amide bonds. The molecule has 0 aromatic heterocycles. The van der Waals surface area contributed by atoms with Crippen molar-refractivity contribution in [2.24, 2.45) is 5.84 Å². The molecular weight excluding hydrogens is 196 g/mol. The van der Waals surface area contributed by atoms with Gasteiger partial charge in [0.2, 0.25) is 0 Å². The zero-order valence-corrected chi connectivity index (χ0v) is 9.66. The third-order valence-corrected chi connectivity index (χ3v) is 2.13. The van der Waals surface area contributed by atoms with Crippen LogP contribution in [0.1, 0.15) is 33.6 Å². The highest BCUT2D eigenvalue weighted by atomic mass is 16.6. The minimum absolute atomic E-state index is 0.0615. The first-order chi connectivity index (χ1) is 6.90. The second-order valence-corrected chi connectivity index (χ2v) is 4.76. The molecule has 88 valence electrons. The fraction of sp³-hybridized carbons (Fsp3) is 0.900. The third kappa shape index (κ3) is 4.05. The van der Waals surface area contributed by atoms with E-state index in [4.69, 9.17) is 15.3 Å². The number of rotatable bonds is 1. The first-order valence-electron chi connectivity index (χ1n) is 5.25. The largest absolute Gasteiger partial charge is 0.443 e. The Balaban J connectivity index is 2.44. The topological polar surface area (TPSA) is 64.8 Å². The summed E-state index contributed by atoms with van der Waals surface area (Å²) in [5, 5.41) is 1.14. The van der Waals surface area contributed by atoms with Gasteiger partial charge >= 0.3 is 6.09 Å². The highest BCUT2D eigenvalue weighted by molar-refractivity contribution is 5.67. The van der Waals surface area contributed by atoms with E-state index in [0.717, 1.165) is 24.5 Å². The van der Waals surface area contributed by atoms with E-state index in [1.54, 1.807) is 0 Å². The van der Waals surface area contributed by atoms with Gasteiger partial charge in [-0.25, -0.2) is 15.6 Å². The molecule has 0 saturated carbocycles. The van der Waals surface area contributed by atoms with Gasteiger partial charge in [0.25, 0.3) is 0 Å². The zero-order chi connectivity index (χ0) is 11.5. The maximum absolute atomic E-state index is 11.6. The van der Waals surface area contributed by atoms with E-state index in [-0.39, 0.29) is 6.04 Å². The molecule has 0 unspecified atom stereocenters. The molecule has 5 heteroatoms. The first-order valence-corrected chi connectivity index (χ1v) is 5.25. The summed E-state index contributed by atoms with van der Waals surface area (Å²) in [6.07, 6.45) is 1.31. The van der Waals surface area contributed by atoms with Gasteiger partial charge in [0, 0.05) is 6.61 Å². The SMILES string of the molecule is CC(C)(C)OC(=O)N(N)[C@@H]1CCCOC1. The van der Waals surface area contributed by atoms with Gasteiger partial charge < -0.3 is 9.47 Å². The Labute approximate surface area is 90.5 Å². The van der Waals surface area contributed by atoms with Crippen LogP contribution in [0.5, 0.6) is 0 Å². The summed E-state index contributed by atoms with van der Waals surface area (Å²) < 4.78 is 10.4. The van der Waals surface area contributed by atoms with Crippen LogP contribution in [-0.4, -0.2) is 36.0 Å². The van der Waals surface area contributed by atoms with E-state index in [2.05, 4.69) is 0 Å². The fourth-order valence-corrected chi connectivity index (χ4v) is 1.41. The molecule has 0 radical (unpaired) electrons. The van der Waals surface area contributed by atoms with Gasteiger partial charge in [0.05, 0.1) is 12.6 Å². The normalized spacial score (nSPS) is 22.3. The second-order valence-electron chi connectivity index (χ2n) is 4.76. The van der Waals surface area contributed by atoms with Gasteiger partial charge in [-0.2, -0.15) is 0 Å². The molecule has 1 saturated heterocycles. The summed E-state index contributed by atoms with van der Waals surface area (Å²) in [7, 11) is 0. The average Bonchev–Trinajstić information content (AvgIpc) is 2.15. The van der Waals surface area contributed by atoms with Crippen molar-refractivity contribution >= 4 is 6.09 Å². The Morgan fingerprint density at radius 2 is 2.20 bits per heavy atom. The smallest absolute Gasteiger partial charge is 0.424 e. The van der Waals surface area contributed by atoms with Crippen LogP contribution >= 0.6 is 0 Å². The van der Waals surface area contributed by atoms with Gasteiger partial charge in [-0.05, 0) is 33.6 Å². The van der Waals surface area contributed by atoms with Gasteiger partial charge in [-0.1, -0.05) is 0 Å². The molecule has 0 spiro atoms. The minimum Gasteiger partial charge on any atom is -0.443 e. The van der Waals surface area contributed by atoms with E-state index in [1.165, 1.54) is 0 Å². The van der Waals surface area contributed by atoms with E-state index >= 15 is 0 Å². The molecular formula is C10H20N2O3.